The van der Waals surface area contributed by atoms with Crippen molar-refractivity contribution >= 4 is 17.6 Å². The van der Waals surface area contributed by atoms with Crippen molar-refractivity contribution in [3.63, 3.8) is 0 Å². The lowest BCUT2D eigenvalue weighted by Gasteiger charge is -2.13. The molecule has 0 aliphatic heterocycles. The summed E-state index contributed by atoms with van der Waals surface area (Å²) < 4.78 is 11.3. The predicted molar refractivity (Wildman–Crippen MR) is 103 cm³/mol. The molecule has 1 aliphatic rings. The lowest BCUT2D eigenvalue weighted by Crippen LogP contribution is -2.14. The molecule has 0 saturated heterocycles. The summed E-state index contributed by atoms with van der Waals surface area (Å²) in [7, 11) is 0. The fourth-order valence-corrected chi connectivity index (χ4v) is 3.45. The van der Waals surface area contributed by atoms with Gasteiger partial charge in [0.2, 0.25) is 6.10 Å². The second-order valence-corrected chi connectivity index (χ2v) is 7.33. The van der Waals surface area contributed by atoms with Crippen LogP contribution in [0.3, 0.4) is 0 Å². The Labute approximate surface area is 164 Å². The maximum atomic E-state index is 12.5. The van der Waals surface area contributed by atoms with E-state index in [0.717, 1.165) is 0 Å². The molecule has 0 amide bonds. The Balaban J connectivity index is 1.72. The minimum Gasteiger partial charge on any atom is -0.457 e. The van der Waals surface area contributed by atoms with E-state index in [-0.39, 0.29) is 23.2 Å². The number of nitrogens with zero attached hydrogens (tertiary/aromatic N) is 1. The molecule has 0 heterocycles. The maximum absolute atomic E-state index is 12.5. The van der Waals surface area contributed by atoms with E-state index in [4.69, 9.17) is 21.1 Å². The van der Waals surface area contributed by atoms with E-state index in [1.807, 2.05) is 44.2 Å². The Morgan fingerprint density at radius 2 is 1.89 bits per heavy atom. The number of esters is 1. The van der Waals surface area contributed by atoms with Gasteiger partial charge >= 0.3 is 5.97 Å². The Bertz CT molecular complexity index is 886. The molecule has 4 nitrogen and oxygen atoms in total. The van der Waals surface area contributed by atoms with Gasteiger partial charge in [0.15, 0.2) is 0 Å². The summed E-state index contributed by atoms with van der Waals surface area (Å²) in [6, 6.07) is 18.4. The monoisotopic (exact) mass is 381 g/mol. The maximum Gasteiger partial charge on any atom is 0.311 e. The molecule has 3 rings (SSSR count). The second-order valence-electron chi connectivity index (χ2n) is 7.08. The van der Waals surface area contributed by atoms with Crippen molar-refractivity contribution in [2.24, 2.45) is 17.3 Å². The van der Waals surface area contributed by atoms with Gasteiger partial charge in [-0.25, -0.2) is 0 Å². The molecule has 0 aromatic heterocycles. The van der Waals surface area contributed by atoms with Gasteiger partial charge in [-0.1, -0.05) is 61.9 Å². The standard InChI is InChI=1S/C22H20ClNO3/c1-22(2)18(11-12-23)20(22)21(25)27-19(14-24)15-7-6-10-17(13-15)26-16-8-4-3-5-9-16/h3-13,18-20H,1-2H3/b12-11-/t18-,19+,20-/m0/s1. The van der Waals surface area contributed by atoms with Crippen LogP contribution in [0.5, 0.6) is 11.5 Å². The Morgan fingerprint density at radius 1 is 1.19 bits per heavy atom. The highest BCUT2D eigenvalue weighted by Gasteiger charge is 2.61. The first kappa shape index (κ1) is 19.0. The summed E-state index contributed by atoms with van der Waals surface area (Å²) in [4.78, 5) is 12.5. The zero-order valence-corrected chi connectivity index (χ0v) is 15.9. The molecule has 3 atom stereocenters. The number of carbonyl (C=O) groups is 1. The van der Waals surface area contributed by atoms with Gasteiger partial charge in [0.1, 0.15) is 17.6 Å². The molecule has 0 spiro atoms. The number of ether oxygens (including phenoxy) is 2. The van der Waals surface area contributed by atoms with Gasteiger partial charge in [0.25, 0.3) is 0 Å². The fraction of sp³-hybridized carbons (Fsp3) is 0.273. The summed E-state index contributed by atoms with van der Waals surface area (Å²) in [5.74, 6) is 0.600. The first-order valence-electron chi connectivity index (χ1n) is 8.67. The molecule has 5 heteroatoms. The summed E-state index contributed by atoms with van der Waals surface area (Å²) in [6.45, 7) is 3.96. The molecule has 1 fully saturated rings. The molecule has 0 unspecified atom stereocenters. The number of nitriles is 1. The molecule has 0 radical (unpaired) electrons. The summed E-state index contributed by atoms with van der Waals surface area (Å²) in [5.41, 5.74) is 1.77. The smallest absolute Gasteiger partial charge is 0.311 e. The molecule has 1 aliphatic carbocycles. The van der Waals surface area contributed by atoms with Crippen LogP contribution in [-0.2, 0) is 9.53 Å². The van der Waals surface area contributed by atoms with Crippen LogP contribution >= 0.6 is 11.6 Å². The van der Waals surface area contributed by atoms with Crippen molar-refractivity contribution in [3.8, 4) is 17.6 Å². The van der Waals surface area contributed by atoms with E-state index in [1.54, 1.807) is 30.3 Å². The van der Waals surface area contributed by atoms with Crippen LogP contribution < -0.4 is 4.74 Å². The van der Waals surface area contributed by atoms with Crippen LogP contribution in [0.1, 0.15) is 25.5 Å². The van der Waals surface area contributed by atoms with Crippen molar-refractivity contribution in [2.75, 3.05) is 0 Å². The molecule has 2 aromatic rings. The van der Waals surface area contributed by atoms with Gasteiger partial charge in [-0.15, -0.1) is 0 Å². The van der Waals surface area contributed by atoms with E-state index < -0.39 is 6.10 Å². The highest BCUT2D eigenvalue weighted by Crippen LogP contribution is 2.59. The van der Waals surface area contributed by atoms with E-state index >= 15 is 0 Å². The van der Waals surface area contributed by atoms with Crippen LogP contribution in [0.15, 0.2) is 66.2 Å². The number of halogens is 1. The normalized spacial score (nSPS) is 21.3. The third-order valence-electron chi connectivity index (χ3n) is 4.94. The van der Waals surface area contributed by atoms with Crippen LogP contribution in [0.4, 0.5) is 0 Å². The highest BCUT2D eigenvalue weighted by molar-refractivity contribution is 6.25. The molecular weight excluding hydrogens is 362 g/mol. The molecule has 27 heavy (non-hydrogen) atoms. The van der Waals surface area contributed by atoms with Crippen molar-refractivity contribution < 1.29 is 14.3 Å². The molecule has 2 aromatic carbocycles. The number of rotatable bonds is 6. The Morgan fingerprint density at radius 3 is 2.56 bits per heavy atom. The minimum absolute atomic E-state index is 0.0228. The van der Waals surface area contributed by atoms with Crippen molar-refractivity contribution in [2.45, 2.75) is 20.0 Å². The lowest BCUT2D eigenvalue weighted by atomic mass is 10.1. The third-order valence-corrected chi connectivity index (χ3v) is 5.08. The number of hydrogen-bond donors (Lipinski definition) is 0. The highest BCUT2D eigenvalue weighted by atomic mass is 35.5. The zero-order valence-electron chi connectivity index (χ0n) is 15.1. The van der Waals surface area contributed by atoms with Gasteiger partial charge in [0, 0.05) is 11.1 Å². The van der Waals surface area contributed by atoms with Crippen molar-refractivity contribution in [3.05, 3.63) is 71.8 Å². The van der Waals surface area contributed by atoms with Gasteiger partial charge < -0.3 is 9.47 Å². The first-order chi connectivity index (χ1) is 13.0. The average Bonchev–Trinajstić information content (AvgIpc) is 3.21. The number of allylic oxidation sites excluding steroid dienone is 1. The largest absolute Gasteiger partial charge is 0.457 e. The Kier molecular flexibility index (Phi) is 5.53. The van der Waals surface area contributed by atoms with Gasteiger partial charge in [-0.05, 0) is 35.6 Å². The first-order valence-corrected chi connectivity index (χ1v) is 9.11. The quantitative estimate of drug-likeness (QED) is 0.610. The number of benzene rings is 2. The topological polar surface area (TPSA) is 59.3 Å². The van der Waals surface area contributed by atoms with Crippen LogP contribution in [0.25, 0.3) is 0 Å². The Hall–Kier alpha value is -2.77. The summed E-state index contributed by atoms with van der Waals surface area (Å²) in [6.07, 6.45) is 0.803. The van der Waals surface area contributed by atoms with Crippen LogP contribution in [0, 0.1) is 28.6 Å². The number of hydrogen-bond acceptors (Lipinski definition) is 4. The van der Waals surface area contributed by atoms with Crippen molar-refractivity contribution in [1.29, 1.82) is 5.26 Å². The molecule has 1 saturated carbocycles. The third kappa shape index (κ3) is 4.15. The van der Waals surface area contributed by atoms with Gasteiger partial charge in [0.05, 0.1) is 5.92 Å². The second kappa shape index (κ2) is 7.85. The molecule has 0 bridgehead atoms. The van der Waals surface area contributed by atoms with Crippen LogP contribution in [-0.4, -0.2) is 5.97 Å². The molecule has 138 valence electrons. The van der Waals surface area contributed by atoms with Gasteiger partial charge in [-0.3, -0.25) is 4.79 Å². The zero-order chi connectivity index (χ0) is 19.4. The summed E-state index contributed by atoms with van der Waals surface area (Å²) in [5, 5.41) is 9.51. The van der Waals surface area contributed by atoms with Gasteiger partial charge in [-0.2, -0.15) is 5.26 Å². The van der Waals surface area contributed by atoms with Crippen molar-refractivity contribution in [1.82, 2.24) is 0 Å². The predicted octanol–water partition coefficient (Wildman–Crippen LogP) is 5.61. The minimum atomic E-state index is -0.992. The van der Waals surface area contributed by atoms with E-state index in [9.17, 15) is 10.1 Å². The number of para-hydroxylation sites is 1. The van der Waals surface area contributed by atoms with E-state index in [0.29, 0.717) is 17.1 Å². The number of carbonyl (C=O) groups excluding carboxylic acids is 1. The lowest BCUT2D eigenvalue weighted by molar-refractivity contribution is -0.149. The fourth-order valence-electron chi connectivity index (χ4n) is 3.29. The summed E-state index contributed by atoms with van der Waals surface area (Å²) >= 11 is 5.65. The molecule has 0 N–H and O–H groups in total. The van der Waals surface area contributed by atoms with E-state index in [1.165, 1.54) is 5.54 Å². The van der Waals surface area contributed by atoms with Crippen LogP contribution in [0.2, 0.25) is 0 Å². The molecular formula is C22H20ClNO3. The SMILES string of the molecule is CC1(C)[C@H](C(=O)O[C@H](C#N)c2cccc(Oc3ccccc3)c2)[C@@H]1/C=C\Cl. The van der Waals surface area contributed by atoms with E-state index in [2.05, 4.69) is 6.07 Å². The average molecular weight is 382 g/mol.